The number of hydrazine groups is 1. The maximum Gasteiger partial charge on any atom is 0.409 e. The molecule has 140 valence electrons. The Kier molecular flexibility index (Phi) is 5.51. The predicted molar refractivity (Wildman–Crippen MR) is 95.4 cm³/mol. The molecule has 1 atom stereocenters. The summed E-state index contributed by atoms with van der Waals surface area (Å²) in [6, 6.07) is 8.79. The van der Waals surface area contributed by atoms with Crippen LogP contribution in [0.4, 0.5) is 13.2 Å². The van der Waals surface area contributed by atoms with Crippen molar-refractivity contribution in [2.75, 3.05) is 6.54 Å². The molecule has 2 aromatic carbocycles. The minimum Gasteiger partial charge on any atom is -0.288 e. The van der Waals surface area contributed by atoms with Gasteiger partial charge >= 0.3 is 6.18 Å². The van der Waals surface area contributed by atoms with Crippen molar-refractivity contribution in [2.45, 2.75) is 51.2 Å². The van der Waals surface area contributed by atoms with Gasteiger partial charge in [-0.1, -0.05) is 56.2 Å². The number of rotatable bonds is 6. The molecular weight excluding hydrogens is 341 g/mol. The van der Waals surface area contributed by atoms with Crippen LogP contribution in [0.15, 0.2) is 36.4 Å². The van der Waals surface area contributed by atoms with Gasteiger partial charge in [-0.2, -0.15) is 13.2 Å². The van der Waals surface area contributed by atoms with Crippen LogP contribution in [0.25, 0.3) is 10.8 Å². The van der Waals surface area contributed by atoms with E-state index < -0.39 is 12.2 Å². The van der Waals surface area contributed by atoms with E-state index in [4.69, 9.17) is 0 Å². The molecule has 0 radical (unpaired) electrons. The first-order valence-electron chi connectivity index (χ1n) is 9.05. The van der Waals surface area contributed by atoms with E-state index in [1.807, 2.05) is 18.2 Å². The molecule has 1 aliphatic rings. The van der Waals surface area contributed by atoms with Crippen molar-refractivity contribution in [3.8, 4) is 0 Å². The molecule has 3 rings (SSSR count). The van der Waals surface area contributed by atoms with Crippen molar-refractivity contribution >= 4 is 16.7 Å². The standard InChI is InChI=1S/C20H23F3N2O/c1-2-3-4-7-14-10-11-17(16-9-6-5-8-15(14)16)19(20(21,22)23)25-13-12-18(26)24-25/h5-6,8-11,19H,2-4,7,12-13H2,1H3,(H,24,26). The van der Waals surface area contributed by atoms with Gasteiger partial charge < -0.3 is 0 Å². The van der Waals surface area contributed by atoms with Crippen molar-refractivity contribution in [3.05, 3.63) is 47.5 Å². The zero-order valence-corrected chi connectivity index (χ0v) is 14.8. The Bertz CT molecular complexity index is 788. The van der Waals surface area contributed by atoms with E-state index in [0.717, 1.165) is 41.6 Å². The van der Waals surface area contributed by atoms with E-state index in [-0.39, 0.29) is 24.4 Å². The minimum atomic E-state index is -4.48. The summed E-state index contributed by atoms with van der Waals surface area (Å²) in [5, 5.41) is 2.48. The van der Waals surface area contributed by atoms with Gasteiger partial charge in [0.1, 0.15) is 0 Å². The molecule has 1 amide bonds. The summed E-state index contributed by atoms with van der Waals surface area (Å²) in [6.45, 7) is 2.18. The second kappa shape index (κ2) is 7.66. The van der Waals surface area contributed by atoms with Crippen molar-refractivity contribution in [1.82, 2.24) is 10.4 Å². The second-order valence-corrected chi connectivity index (χ2v) is 6.74. The monoisotopic (exact) mass is 364 g/mol. The van der Waals surface area contributed by atoms with Crippen LogP contribution in [0, 0.1) is 0 Å². The lowest BCUT2D eigenvalue weighted by Gasteiger charge is -2.30. The van der Waals surface area contributed by atoms with E-state index in [0.29, 0.717) is 5.39 Å². The molecule has 0 spiro atoms. The van der Waals surface area contributed by atoms with E-state index in [9.17, 15) is 18.0 Å². The topological polar surface area (TPSA) is 32.3 Å². The van der Waals surface area contributed by atoms with Crippen molar-refractivity contribution in [3.63, 3.8) is 0 Å². The zero-order chi connectivity index (χ0) is 18.7. The maximum absolute atomic E-state index is 13.9. The summed E-state index contributed by atoms with van der Waals surface area (Å²) in [5.74, 6) is -0.375. The normalized spacial score (nSPS) is 16.8. The average molecular weight is 364 g/mol. The fourth-order valence-electron chi connectivity index (χ4n) is 3.62. The fourth-order valence-corrected chi connectivity index (χ4v) is 3.62. The molecule has 26 heavy (non-hydrogen) atoms. The van der Waals surface area contributed by atoms with Crippen LogP contribution in [0.5, 0.6) is 0 Å². The number of carbonyl (C=O) groups is 1. The van der Waals surface area contributed by atoms with Gasteiger partial charge in [-0.15, -0.1) is 0 Å². The number of aryl methyl sites for hydroxylation is 1. The van der Waals surface area contributed by atoms with E-state index >= 15 is 0 Å². The smallest absolute Gasteiger partial charge is 0.288 e. The molecule has 1 unspecified atom stereocenters. The van der Waals surface area contributed by atoms with Gasteiger partial charge in [0.2, 0.25) is 5.91 Å². The molecule has 0 aromatic heterocycles. The van der Waals surface area contributed by atoms with Crippen LogP contribution in [0.2, 0.25) is 0 Å². The first-order valence-corrected chi connectivity index (χ1v) is 9.05. The predicted octanol–water partition coefficient (Wildman–Crippen LogP) is 4.91. The Hall–Kier alpha value is -2.08. The molecule has 1 fully saturated rings. The highest BCUT2D eigenvalue weighted by Crippen LogP contribution is 2.41. The van der Waals surface area contributed by atoms with Gasteiger partial charge in [0.05, 0.1) is 0 Å². The quantitative estimate of drug-likeness (QED) is 0.739. The average Bonchev–Trinajstić information content (AvgIpc) is 3.01. The highest BCUT2D eigenvalue weighted by atomic mass is 19.4. The largest absolute Gasteiger partial charge is 0.409 e. The zero-order valence-electron chi connectivity index (χ0n) is 14.8. The molecule has 1 heterocycles. The Labute approximate surface area is 151 Å². The molecule has 6 heteroatoms. The molecule has 1 saturated heterocycles. The molecule has 2 aromatic rings. The molecule has 0 aliphatic carbocycles. The van der Waals surface area contributed by atoms with Gasteiger partial charge in [0, 0.05) is 13.0 Å². The third kappa shape index (κ3) is 3.85. The number of amides is 1. The van der Waals surface area contributed by atoms with Crippen LogP contribution in [0.1, 0.15) is 49.8 Å². The van der Waals surface area contributed by atoms with E-state index in [1.165, 1.54) is 0 Å². The number of nitrogens with one attached hydrogen (secondary N) is 1. The lowest BCUT2D eigenvalue weighted by Crippen LogP contribution is -2.43. The number of unbranched alkanes of at least 4 members (excludes halogenated alkanes) is 2. The number of alkyl halides is 3. The summed E-state index contributed by atoms with van der Waals surface area (Å²) in [7, 11) is 0. The first kappa shape index (κ1) is 18.7. The Morgan fingerprint density at radius 3 is 2.46 bits per heavy atom. The number of fused-ring (bicyclic) bond motifs is 1. The third-order valence-corrected chi connectivity index (χ3v) is 4.86. The van der Waals surface area contributed by atoms with Crippen LogP contribution < -0.4 is 5.43 Å². The Balaban J connectivity index is 2.05. The number of nitrogens with zero attached hydrogens (tertiary/aromatic N) is 1. The van der Waals surface area contributed by atoms with Crippen LogP contribution in [-0.2, 0) is 11.2 Å². The van der Waals surface area contributed by atoms with Gasteiger partial charge in [-0.25, -0.2) is 5.01 Å². The van der Waals surface area contributed by atoms with Crippen LogP contribution >= 0.6 is 0 Å². The summed E-state index contributed by atoms with van der Waals surface area (Å²) < 4.78 is 41.6. The molecule has 0 saturated carbocycles. The SMILES string of the molecule is CCCCCc1ccc(C(N2CCC(=O)N2)C(F)(F)F)c2ccccc12. The third-order valence-electron chi connectivity index (χ3n) is 4.86. The summed E-state index contributed by atoms with van der Waals surface area (Å²) >= 11 is 0. The molecule has 1 N–H and O–H groups in total. The summed E-state index contributed by atoms with van der Waals surface area (Å²) in [5.41, 5.74) is 3.62. The van der Waals surface area contributed by atoms with Crippen LogP contribution in [0.3, 0.4) is 0 Å². The lowest BCUT2D eigenvalue weighted by atomic mass is 9.92. The van der Waals surface area contributed by atoms with Crippen molar-refractivity contribution in [1.29, 1.82) is 0 Å². The molecular formula is C20H23F3N2O. The van der Waals surface area contributed by atoms with E-state index in [1.54, 1.807) is 18.2 Å². The Morgan fingerprint density at radius 1 is 1.12 bits per heavy atom. The molecule has 3 nitrogen and oxygen atoms in total. The van der Waals surface area contributed by atoms with Gasteiger partial charge in [0.25, 0.3) is 0 Å². The maximum atomic E-state index is 13.9. The summed E-state index contributed by atoms with van der Waals surface area (Å²) in [6.07, 6.45) is -0.331. The second-order valence-electron chi connectivity index (χ2n) is 6.74. The van der Waals surface area contributed by atoms with Crippen molar-refractivity contribution in [2.24, 2.45) is 0 Å². The van der Waals surface area contributed by atoms with Gasteiger partial charge in [-0.05, 0) is 34.7 Å². The molecule has 1 aliphatic heterocycles. The van der Waals surface area contributed by atoms with Gasteiger partial charge in [-0.3, -0.25) is 10.2 Å². The van der Waals surface area contributed by atoms with Crippen molar-refractivity contribution < 1.29 is 18.0 Å². The number of hydrogen-bond acceptors (Lipinski definition) is 2. The molecule has 0 bridgehead atoms. The fraction of sp³-hybridized carbons (Fsp3) is 0.450. The highest BCUT2D eigenvalue weighted by Gasteiger charge is 2.47. The first-order chi connectivity index (χ1) is 12.4. The minimum absolute atomic E-state index is 0.0512. The van der Waals surface area contributed by atoms with Gasteiger partial charge in [0.15, 0.2) is 6.04 Å². The number of benzene rings is 2. The van der Waals surface area contributed by atoms with E-state index in [2.05, 4.69) is 12.3 Å². The number of hydrogen-bond donors (Lipinski definition) is 1. The highest BCUT2D eigenvalue weighted by molar-refractivity contribution is 5.89. The lowest BCUT2D eigenvalue weighted by molar-refractivity contribution is -0.190. The number of halogens is 3. The number of carbonyl (C=O) groups excluding carboxylic acids is 1. The Morgan fingerprint density at radius 2 is 1.85 bits per heavy atom. The summed E-state index contributed by atoms with van der Waals surface area (Å²) in [4.78, 5) is 11.5. The van der Waals surface area contributed by atoms with Crippen LogP contribution in [-0.4, -0.2) is 23.6 Å².